The van der Waals surface area contributed by atoms with Gasteiger partial charge in [0.1, 0.15) is 23.7 Å². The maximum atomic E-state index is 14.3. The zero-order chi connectivity index (χ0) is 21.4. The smallest absolute Gasteiger partial charge is 0.328 e. The molecule has 1 N–H and O–H groups in total. The Kier molecular flexibility index (Phi) is 4.62. The molecule has 0 unspecified atom stereocenters. The Bertz CT molecular complexity index is 1450. The molecule has 0 aliphatic heterocycles. The minimum Gasteiger partial charge on any atom is -0.490 e. The highest BCUT2D eigenvalue weighted by atomic mass is 19.1. The highest BCUT2D eigenvalue weighted by Crippen LogP contribution is 2.24. The molecule has 4 heterocycles. The summed E-state index contributed by atoms with van der Waals surface area (Å²) >= 11 is 0. The number of hydrogen-bond acceptors (Lipinski definition) is 7. The van der Waals surface area contributed by atoms with E-state index < -0.39 is 5.82 Å². The molecule has 0 bridgehead atoms. The van der Waals surface area contributed by atoms with E-state index in [2.05, 4.69) is 29.9 Å². The number of hydrogen-bond donors (Lipinski definition) is 1. The summed E-state index contributed by atoms with van der Waals surface area (Å²) in [5.74, 6) is -0.0316. The van der Waals surface area contributed by atoms with Crippen molar-refractivity contribution in [3.8, 4) is 11.7 Å². The number of imidazole rings is 2. The molecule has 0 aliphatic rings. The quantitative estimate of drug-likeness (QED) is 0.448. The number of halogens is 1. The molecule has 0 saturated heterocycles. The monoisotopic (exact) mass is 420 g/mol. The lowest BCUT2D eigenvalue weighted by Gasteiger charge is -2.12. The lowest BCUT2D eigenvalue weighted by atomic mass is 10.2. The van der Waals surface area contributed by atoms with E-state index in [0.717, 1.165) is 6.42 Å². The number of nitrogens with one attached hydrogen (secondary N) is 1. The van der Waals surface area contributed by atoms with Crippen molar-refractivity contribution in [2.45, 2.75) is 19.9 Å². The molecule has 5 aromatic rings. The molecule has 11 heteroatoms. The highest BCUT2D eigenvalue weighted by molar-refractivity contribution is 5.73. The van der Waals surface area contributed by atoms with E-state index in [9.17, 15) is 9.18 Å². The van der Waals surface area contributed by atoms with Crippen LogP contribution in [0.25, 0.3) is 28.3 Å². The van der Waals surface area contributed by atoms with Gasteiger partial charge >= 0.3 is 5.69 Å². The average molecular weight is 420 g/mol. The van der Waals surface area contributed by atoms with E-state index in [0.29, 0.717) is 40.4 Å². The fourth-order valence-corrected chi connectivity index (χ4v) is 3.33. The topological polar surface area (TPSA) is 116 Å². The first-order valence-corrected chi connectivity index (χ1v) is 9.65. The molecule has 156 valence electrons. The van der Waals surface area contributed by atoms with Gasteiger partial charge < -0.3 is 9.72 Å². The maximum Gasteiger partial charge on any atom is 0.328 e. The summed E-state index contributed by atoms with van der Waals surface area (Å²) in [4.78, 5) is 36.6. The first kappa shape index (κ1) is 18.9. The number of ether oxygens (including phenoxy) is 1. The minimum atomic E-state index is -0.473. The Morgan fingerprint density at radius 2 is 2.10 bits per heavy atom. The van der Waals surface area contributed by atoms with Crippen LogP contribution < -0.4 is 10.4 Å². The van der Waals surface area contributed by atoms with E-state index in [-0.39, 0.29) is 18.0 Å². The van der Waals surface area contributed by atoms with Gasteiger partial charge in [0.25, 0.3) is 0 Å². The third kappa shape index (κ3) is 3.29. The summed E-state index contributed by atoms with van der Waals surface area (Å²) in [7, 11) is 0. The van der Waals surface area contributed by atoms with E-state index >= 15 is 0 Å². The molecule has 10 nitrogen and oxygen atoms in total. The highest BCUT2D eigenvalue weighted by Gasteiger charge is 2.16. The molecular weight excluding hydrogens is 403 g/mol. The average Bonchev–Trinajstić information content (AvgIpc) is 3.34. The normalized spacial score (nSPS) is 11.4. The maximum absolute atomic E-state index is 14.3. The Morgan fingerprint density at radius 1 is 1.19 bits per heavy atom. The van der Waals surface area contributed by atoms with Gasteiger partial charge in [0.05, 0.1) is 25.5 Å². The van der Waals surface area contributed by atoms with Crippen LogP contribution in [0.4, 0.5) is 4.39 Å². The van der Waals surface area contributed by atoms with Gasteiger partial charge in [-0.15, -0.1) is 0 Å². The molecule has 1 aromatic carbocycles. The van der Waals surface area contributed by atoms with E-state index in [1.807, 2.05) is 6.92 Å². The number of rotatable bonds is 6. The van der Waals surface area contributed by atoms with E-state index in [1.165, 1.54) is 23.2 Å². The molecule has 0 fully saturated rings. The summed E-state index contributed by atoms with van der Waals surface area (Å²) in [5, 5.41) is 0. The first-order chi connectivity index (χ1) is 15.2. The second kappa shape index (κ2) is 7.59. The predicted molar refractivity (Wildman–Crippen MR) is 110 cm³/mol. The largest absolute Gasteiger partial charge is 0.490 e. The van der Waals surface area contributed by atoms with E-state index in [1.54, 1.807) is 29.2 Å². The number of para-hydroxylation sites is 1. The van der Waals surface area contributed by atoms with Crippen LogP contribution in [0, 0.1) is 5.82 Å². The molecule has 0 saturated carbocycles. The number of H-pyrrole nitrogens is 1. The van der Waals surface area contributed by atoms with Crippen molar-refractivity contribution < 1.29 is 9.13 Å². The van der Waals surface area contributed by atoms with Crippen LogP contribution in [-0.2, 0) is 6.54 Å². The third-order valence-corrected chi connectivity index (χ3v) is 4.77. The Balaban J connectivity index is 1.61. The summed E-state index contributed by atoms with van der Waals surface area (Å²) in [6.45, 7) is 2.40. The number of aromatic amines is 1. The minimum absolute atomic E-state index is 0.0832. The molecular formula is C20H17FN8O2. The summed E-state index contributed by atoms with van der Waals surface area (Å²) in [6, 6.07) is 4.64. The zero-order valence-electron chi connectivity index (χ0n) is 16.5. The predicted octanol–water partition coefficient (Wildman–Crippen LogP) is 2.22. The van der Waals surface area contributed by atoms with Crippen molar-refractivity contribution in [1.82, 2.24) is 39.0 Å². The Morgan fingerprint density at radius 3 is 2.97 bits per heavy atom. The first-order valence-electron chi connectivity index (χ1n) is 9.65. The molecule has 0 aliphatic carbocycles. The number of fused-ring (bicyclic) bond motifs is 2. The lowest BCUT2D eigenvalue weighted by molar-refractivity contribution is 0.297. The molecule has 0 amide bonds. The van der Waals surface area contributed by atoms with Crippen LogP contribution in [0.5, 0.6) is 5.75 Å². The van der Waals surface area contributed by atoms with Gasteiger partial charge in [0.15, 0.2) is 22.9 Å². The zero-order valence-corrected chi connectivity index (χ0v) is 16.5. The SMILES string of the molecule is CCCOc1c(F)cccc1Cn1c(=O)[nH]c2cnc(-n3cnc4ncncc43)nc21. The van der Waals surface area contributed by atoms with Gasteiger partial charge in [0, 0.05) is 5.56 Å². The van der Waals surface area contributed by atoms with Crippen LogP contribution in [0.3, 0.4) is 0 Å². The van der Waals surface area contributed by atoms with Crippen molar-refractivity contribution >= 4 is 22.3 Å². The molecule has 31 heavy (non-hydrogen) atoms. The van der Waals surface area contributed by atoms with Crippen molar-refractivity contribution in [1.29, 1.82) is 0 Å². The lowest BCUT2D eigenvalue weighted by Crippen LogP contribution is -2.18. The summed E-state index contributed by atoms with van der Waals surface area (Å²) in [5.41, 5.74) is 2.12. The van der Waals surface area contributed by atoms with Crippen molar-refractivity contribution in [2.24, 2.45) is 0 Å². The number of nitrogens with zero attached hydrogens (tertiary/aromatic N) is 7. The number of aromatic nitrogens is 8. The van der Waals surface area contributed by atoms with Crippen molar-refractivity contribution in [3.05, 3.63) is 65.1 Å². The van der Waals surface area contributed by atoms with Crippen LogP contribution >= 0.6 is 0 Å². The molecule has 4 aromatic heterocycles. The van der Waals surface area contributed by atoms with Crippen LogP contribution in [0.2, 0.25) is 0 Å². The van der Waals surface area contributed by atoms with Crippen molar-refractivity contribution in [3.63, 3.8) is 0 Å². The van der Waals surface area contributed by atoms with Gasteiger partial charge in [0.2, 0.25) is 5.95 Å². The van der Waals surface area contributed by atoms with Crippen molar-refractivity contribution in [2.75, 3.05) is 6.61 Å². The summed E-state index contributed by atoms with van der Waals surface area (Å²) < 4.78 is 23.0. The molecule has 0 spiro atoms. The van der Waals surface area contributed by atoms with E-state index in [4.69, 9.17) is 4.74 Å². The fourth-order valence-electron chi connectivity index (χ4n) is 3.33. The Hall–Kier alpha value is -4.15. The number of benzene rings is 1. The van der Waals surface area contributed by atoms with Gasteiger partial charge in [-0.2, -0.15) is 4.98 Å². The Labute approximate surface area is 174 Å². The standard InChI is InChI=1S/C20H17FN8O2/c1-2-6-31-16-12(4-3-5-13(16)21)9-28-18-14(26-20(28)30)7-23-19(27-18)29-11-25-17-15(29)8-22-10-24-17/h3-5,7-8,10-11H,2,6,9H2,1H3,(H,26,30). The molecule has 0 atom stereocenters. The van der Waals surface area contributed by atoms with Gasteiger partial charge in [-0.3, -0.25) is 9.13 Å². The second-order valence-corrected chi connectivity index (χ2v) is 6.85. The fraction of sp³-hybridized carbons (Fsp3) is 0.200. The van der Waals surface area contributed by atoms with Crippen LogP contribution in [0.15, 0.2) is 48.0 Å². The molecule has 5 rings (SSSR count). The second-order valence-electron chi connectivity index (χ2n) is 6.85. The van der Waals surface area contributed by atoms with Crippen LogP contribution in [-0.4, -0.2) is 45.6 Å². The van der Waals surface area contributed by atoms with Crippen LogP contribution in [0.1, 0.15) is 18.9 Å². The third-order valence-electron chi connectivity index (χ3n) is 4.77. The van der Waals surface area contributed by atoms with Gasteiger partial charge in [-0.25, -0.2) is 29.1 Å². The van der Waals surface area contributed by atoms with Gasteiger partial charge in [-0.1, -0.05) is 19.1 Å². The molecule has 0 radical (unpaired) electrons. The summed E-state index contributed by atoms with van der Waals surface area (Å²) in [6.07, 6.45) is 6.81. The van der Waals surface area contributed by atoms with Gasteiger partial charge in [-0.05, 0) is 12.5 Å².